The Morgan fingerprint density at radius 3 is 2.48 bits per heavy atom. The van der Waals surface area contributed by atoms with Gasteiger partial charge in [0.1, 0.15) is 11.6 Å². The van der Waals surface area contributed by atoms with Crippen molar-refractivity contribution >= 4 is 17.5 Å². The molecule has 0 aliphatic rings. The smallest absolute Gasteiger partial charge is 0.230 e. The maximum Gasteiger partial charge on any atom is 0.230 e. The molecule has 0 aliphatic heterocycles. The van der Waals surface area contributed by atoms with Gasteiger partial charge in [0.2, 0.25) is 5.91 Å². The van der Waals surface area contributed by atoms with Crippen LogP contribution in [0.3, 0.4) is 0 Å². The molecule has 0 fully saturated rings. The number of nitrogens with zero attached hydrogens (tertiary/aromatic N) is 2. The largest absolute Gasteiger partial charge is 0.369 e. The van der Waals surface area contributed by atoms with E-state index in [0.717, 1.165) is 13.0 Å². The summed E-state index contributed by atoms with van der Waals surface area (Å²) in [4.78, 5) is 11.9. The van der Waals surface area contributed by atoms with E-state index >= 15 is 0 Å². The van der Waals surface area contributed by atoms with Crippen LogP contribution < -0.4 is 10.6 Å². The number of benzene rings is 1. The van der Waals surface area contributed by atoms with Crippen LogP contribution >= 0.6 is 0 Å². The van der Waals surface area contributed by atoms with Gasteiger partial charge >= 0.3 is 0 Å². The van der Waals surface area contributed by atoms with Crippen LogP contribution in [0.4, 0.5) is 16.0 Å². The second-order valence-corrected chi connectivity index (χ2v) is 5.73. The average Bonchev–Trinajstić information content (AvgIpc) is 2.51. The van der Waals surface area contributed by atoms with Crippen LogP contribution in [0.25, 0.3) is 0 Å². The van der Waals surface area contributed by atoms with E-state index < -0.39 is 5.82 Å². The summed E-state index contributed by atoms with van der Waals surface area (Å²) in [6, 6.07) is 9.63. The summed E-state index contributed by atoms with van der Waals surface area (Å²) in [7, 11) is 0. The summed E-state index contributed by atoms with van der Waals surface area (Å²) in [5.74, 6) is 0.911. The van der Waals surface area contributed by atoms with Gasteiger partial charge in [-0.25, -0.2) is 4.39 Å². The van der Waals surface area contributed by atoms with Crippen molar-refractivity contribution in [2.75, 3.05) is 17.2 Å². The highest BCUT2D eigenvalue weighted by atomic mass is 19.1. The van der Waals surface area contributed by atoms with E-state index in [1.54, 1.807) is 30.3 Å². The molecule has 1 heterocycles. The van der Waals surface area contributed by atoms with Gasteiger partial charge in [-0.1, -0.05) is 32.0 Å². The molecule has 2 rings (SSSR count). The maximum atomic E-state index is 13.5. The number of hydrogen-bond acceptors (Lipinski definition) is 4. The predicted octanol–water partition coefficient (Wildman–Crippen LogP) is 3.25. The number of anilines is 2. The van der Waals surface area contributed by atoms with Crippen molar-refractivity contribution in [3.05, 3.63) is 47.8 Å². The lowest BCUT2D eigenvalue weighted by atomic mass is 10.1. The molecule has 0 unspecified atom stereocenters. The SMILES string of the molecule is CC(C)CCNc1ccc(NC(=O)Cc2ccccc2F)nn1. The van der Waals surface area contributed by atoms with Crippen LogP contribution in [0.2, 0.25) is 0 Å². The van der Waals surface area contributed by atoms with E-state index in [1.807, 2.05) is 0 Å². The maximum absolute atomic E-state index is 13.5. The Balaban J connectivity index is 1.85. The number of hydrogen-bond donors (Lipinski definition) is 2. The first-order chi connectivity index (χ1) is 11.0. The number of nitrogens with one attached hydrogen (secondary N) is 2. The second-order valence-electron chi connectivity index (χ2n) is 5.73. The third-order valence-corrected chi connectivity index (χ3v) is 3.27. The third-order valence-electron chi connectivity index (χ3n) is 3.27. The molecule has 0 aliphatic carbocycles. The minimum absolute atomic E-state index is 0.0389. The molecule has 1 aromatic heterocycles. The minimum atomic E-state index is -0.390. The normalized spacial score (nSPS) is 10.6. The van der Waals surface area contributed by atoms with Crippen LogP contribution in [-0.2, 0) is 11.2 Å². The first-order valence-electron chi connectivity index (χ1n) is 7.65. The van der Waals surface area contributed by atoms with Crippen LogP contribution in [0.5, 0.6) is 0 Å². The number of aromatic nitrogens is 2. The average molecular weight is 316 g/mol. The lowest BCUT2D eigenvalue weighted by molar-refractivity contribution is -0.115. The molecule has 1 aromatic carbocycles. The Morgan fingerprint density at radius 2 is 1.83 bits per heavy atom. The molecule has 2 N–H and O–H groups in total. The molecule has 0 saturated heterocycles. The zero-order valence-electron chi connectivity index (χ0n) is 13.3. The summed E-state index contributed by atoms with van der Waals surface area (Å²) in [5, 5.41) is 13.7. The lowest BCUT2D eigenvalue weighted by Gasteiger charge is -2.08. The molecular formula is C17H21FN4O. The van der Waals surface area contributed by atoms with Crippen molar-refractivity contribution < 1.29 is 9.18 Å². The van der Waals surface area contributed by atoms with Crippen LogP contribution in [0.15, 0.2) is 36.4 Å². The van der Waals surface area contributed by atoms with Crippen molar-refractivity contribution in [1.82, 2.24) is 10.2 Å². The fraction of sp³-hybridized carbons (Fsp3) is 0.353. The Bertz CT molecular complexity index is 643. The number of halogens is 1. The van der Waals surface area contributed by atoms with E-state index in [-0.39, 0.29) is 12.3 Å². The van der Waals surface area contributed by atoms with Gasteiger partial charge in [-0.05, 0) is 36.1 Å². The van der Waals surface area contributed by atoms with E-state index in [0.29, 0.717) is 23.1 Å². The zero-order chi connectivity index (χ0) is 16.7. The Morgan fingerprint density at radius 1 is 1.13 bits per heavy atom. The number of carbonyl (C=O) groups is 1. The number of amides is 1. The van der Waals surface area contributed by atoms with Crippen LogP contribution in [-0.4, -0.2) is 22.6 Å². The first kappa shape index (κ1) is 16.9. The molecular weight excluding hydrogens is 295 g/mol. The monoisotopic (exact) mass is 316 g/mol. The summed E-state index contributed by atoms with van der Waals surface area (Å²) in [5.41, 5.74) is 0.352. The van der Waals surface area contributed by atoms with Crippen LogP contribution in [0.1, 0.15) is 25.8 Å². The van der Waals surface area contributed by atoms with Gasteiger partial charge in [0, 0.05) is 6.54 Å². The lowest BCUT2D eigenvalue weighted by Crippen LogP contribution is -2.16. The third kappa shape index (κ3) is 5.65. The van der Waals surface area contributed by atoms with Gasteiger partial charge in [0.25, 0.3) is 0 Å². The highest BCUT2D eigenvalue weighted by molar-refractivity contribution is 5.91. The number of rotatable bonds is 7. The van der Waals surface area contributed by atoms with Crippen LogP contribution in [0, 0.1) is 11.7 Å². The quantitative estimate of drug-likeness (QED) is 0.823. The molecule has 1 amide bonds. The first-order valence-corrected chi connectivity index (χ1v) is 7.65. The molecule has 0 saturated carbocycles. The standard InChI is InChI=1S/C17H21FN4O/c1-12(2)9-10-19-15-7-8-16(22-21-15)20-17(23)11-13-5-3-4-6-14(13)18/h3-8,12H,9-11H2,1-2H3,(H,19,21)(H,20,22,23). The summed E-state index contributed by atoms with van der Waals surface area (Å²) >= 11 is 0. The number of carbonyl (C=O) groups excluding carboxylic acids is 1. The molecule has 0 radical (unpaired) electrons. The molecule has 23 heavy (non-hydrogen) atoms. The van der Waals surface area contributed by atoms with E-state index in [2.05, 4.69) is 34.7 Å². The van der Waals surface area contributed by atoms with Gasteiger partial charge in [-0.2, -0.15) is 0 Å². The second kappa shape index (κ2) is 8.22. The molecule has 6 heteroatoms. The van der Waals surface area contributed by atoms with Gasteiger partial charge in [0.15, 0.2) is 5.82 Å². The van der Waals surface area contributed by atoms with Gasteiger partial charge < -0.3 is 10.6 Å². The van der Waals surface area contributed by atoms with E-state index in [1.165, 1.54) is 6.07 Å². The van der Waals surface area contributed by atoms with Gasteiger partial charge in [-0.3, -0.25) is 4.79 Å². The predicted molar refractivity (Wildman–Crippen MR) is 88.7 cm³/mol. The zero-order valence-corrected chi connectivity index (χ0v) is 13.3. The van der Waals surface area contributed by atoms with Crippen molar-refractivity contribution in [2.45, 2.75) is 26.7 Å². The van der Waals surface area contributed by atoms with E-state index in [4.69, 9.17) is 0 Å². The fourth-order valence-electron chi connectivity index (χ4n) is 1.98. The molecule has 5 nitrogen and oxygen atoms in total. The highest BCUT2D eigenvalue weighted by Gasteiger charge is 2.09. The molecule has 0 atom stereocenters. The van der Waals surface area contributed by atoms with Crippen molar-refractivity contribution in [2.24, 2.45) is 5.92 Å². The minimum Gasteiger partial charge on any atom is -0.369 e. The Kier molecular flexibility index (Phi) is 6.02. The van der Waals surface area contributed by atoms with Crippen molar-refractivity contribution in [3.8, 4) is 0 Å². The van der Waals surface area contributed by atoms with Crippen molar-refractivity contribution in [3.63, 3.8) is 0 Å². The summed E-state index contributed by atoms with van der Waals surface area (Å²) in [6.07, 6.45) is 1.01. The van der Waals surface area contributed by atoms with Gasteiger partial charge in [-0.15, -0.1) is 10.2 Å². The fourth-order valence-corrected chi connectivity index (χ4v) is 1.98. The van der Waals surface area contributed by atoms with Crippen molar-refractivity contribution in [1.29, 1.82) is 0 Å². The molecule has 2 aromatic rings. The molecule has 0 spiro atoms. The summed E-state index contributed by atoms with van der Waals surface area (Å²) < 4.78 is 13.5. The topological polar surface area (TPSA) is 66.9 Å². The highest BCUT2D eigenvalue weighted by Crippen LogP contribution is 2.10. The van der Waals surface area contributed by atoms with E-state index in [9.17, 15) is 9.18 Å². The van der Waals surface area contributed by atoms with Gasteiger partial charge in [0.05, 0.1) is 6.42 Å². The summed E-state index contributed by atoms with van der Waals surface area (Å²) in [6.45, 7) is 5.13. The Hall–Kier alpha value is -2.50. The molecule has 0 bridgehead atoms. The Labute approximate surface area is 135 Å². The molecule has 122 valence electrons.